The molecule has 0 unspecified atom stereocenters. The lowest BCUT2D eigenvalue weighted by Crippen LogP contribution is -2.61. The first-order valence-corrected chi connectivity index (χ1v) is 9.98. The molecular weight excluding hydrogens is 343 g/mol. The van der Waals surface area contributed by atoms with Gasteiger partial charge in [0.15, 0.2) is 18.9 Å². The van der Waals surface area contributed by atoms with Crippen LogP contribution in [0.3, 0.4) is 0 Å². The zero-order chi connectivity index (χ0) is 16.0. The average molecular weight is 363 g/mol. The standard InChI is InChI=1S/C3H18N5O9P3/c4-14-19(12,15-5)2-8(1-18(9,10)11)3-20(13,16-6)17-7/h1-3H2,4-7H3/q+2/p+2. The summed E-state index contributed by atoms with van der Waals surface area (Å²) in [6, 6.07) is 0. The summed E-state index contributed by atoms with van der Waals surface area (Å²) in [7, 11) is -12.2. The summed E-state index contributed by atoms with van der Waals surface area (Å²) >= 11 is 0. The minimum Gasteiger partial charge on any atom is -0.631 e. The smallest absolute Gasteiger partial charge is 0.388 e. The molecule has 0 fully saturated rings. The molecule has 0 heterocycles. The van der Waals surface area contributed by atoms with Gasteiger partial charge < -0.3 is 14.7 Å². The average Bonchev–Trinajstić information content (AvgIpc) is 2.36. The fraction of sp³-hybridized carbons (Fsp3) is 1.00. The van der Waals surface area contributed by atoms with E-state index in [1.165, 1.54) is 0 Å². The van der Waals surface area contributed by atoms with Crippen LogP contribution in [0, 0.1) is 0 Å². The summed E-state index contributed by atoms with van der Waals surface area (Å²) in [5, 5.41) is 0. The quantitative estimate of drug-likeness (QED) is 0.158. The third-order valence-corrected chi connectivity index (χ3v) is 5.75. The summed E-state index contributed by atoms with van der Waals surface area (Å²) in [6.07, 6.45) is -2.20. The topological polar surface area (TPSA) is 260 Å². The zero-order valence-corrected chi connectivity index (χ0v) is 13.2. The highest BCUT2D eigenvalue weighted by molar-refractivity contribution is 7.60. The van der Waals surface area contributed by atoms with E-state index >= 15 is 0 Å². The van der Waals surface area contributed by atoms with Crippen molar-refractivity contribution in [3.63, 3.8) is 0 Å². The molecule has 0 bridgehead atoms. The summed E-state index contributed by atoms with van der Waals surface area (Å²) in [5.74, 6) is 11.6. The van der Waals surface area contributed by atoms with Crippen molar-refractivity contribution in [2.75, 3.05) is 18.9 Å². The fourth-order valence-electron chi connectivity index (χ4n) is 1.12. The normalized spacial score (nSPS) is 14.1. The van der Waals surface area contributed by atoms with Crippen molar-refractivity contribution >= 4 is 23.8 Å². The molecule has 0 aromatic heterocycles. The molecule has 14 N–H and O–H groups in total. The number of hydrogen-bond donors (Lipinski definition) is 6. The van der Waals surface area contributed by atoms with Gasteiger partial charge in [0, 0.05) is 0 Å². The van der Waals surface area contributed by atoms with E-state index in [0.717, 1.165) is 4.90 Å². The Morgan fingerprint density at radius 2 is 1.05 bits per heavy atom. The van der Waals surface area contributed by atoms with Crippen molar-refractivity contribution in [2.45, 2.75) is 0 Å². The third kappa shape index (κ3) is 7.66. The Morgan fingerprint density at radius 3 is 1.25 bits per heavy atom. The second kappa shape index (κ2) is 8.39. The molecule has 0 radical (unpaired) electrons. The second-order valence-corrected chi connectivity index (χ2v) is 9.15. The van der Waals surface area contributed by atoms with Gasteiger partial charge in [-0.2, -0.15) is 28.5 Å². The number of hydrogen-bond acceptors (Lipinski definition) is 10. The van der Waals surface area contributed by atoms with E-state index in [1.807, 2.05) is 0 Å². The molecule has 0 aliphatic carbocycles. The minimum atomic E-state index is -4.56. The van der Waals surface area contributed by atoms with E-state index in [2.05, 4.69) is 42.1 Å². The van der Waals surface area contributed by atoms with Crippen LogP contribution < -0.4 is 38.3 Å². The predicted octanol–water partition coefficient (Wildman–Crippen LogP) is -7.79. The van der Waals surface area contributed by atoms with E-state index in [9.17, 15) is 14.7 Å². The van der Waals surface area contributed by atoms with E-state index < -0.39 is 42.7 Å². The third-order valence-electron chi connectivity index (χ3n) is 1.92. The highest BCUT2D eigenvalue weighted by Crippen LogP contribution is 2.54. The lowest BCUT2D eigenvalue weighted by atomic mass is 11.0. The lowest BCUT2D eigenvalue weighted by Gasteiger charge is -2.29. The summed E-state index contributed by atoms with van der Waals surface area (Å²) in [4.78, 5) is 53.4. The molecule has 0 aliphatic rings. The van der Waals surface area contributed by atoms with Crippen LogP contribution in [0.25, 0.3) is 0 Å². The van der Waals surface area contributed by atoms with Gasteiger partial charge in [0.1, 0.15) is 0 Å². The van der Waals surface area contributed by atoms with Crippen LogP contribution in [-0.4, -0.2) is 33.5 Å². The van der Waals surface area contributed by atoms with Gasteiger partial charge in [-0.15, -0.1) is 0 Å². The van der Waals surface area contributed by atoms with Crippen molar-refractivity contribution in [1.29, 1.82) is 0 Å². The highest BCUT2D eigenvalue weighted by Gasteiger charge is 2.47. The van der Waals surface area contributed by atoms with Crippen molar-refractivity contribution in [2.24, 2.45) is 0 Å². The van der Waals surface area contributed by atoms with Crippen molar-refractivity contribution in [3.8, 4) is 0 Å². The van der Waals surface area contributed by atoms with Crippen LogP contribution in [0.2, 0.25) is 0 Å². The predicted molar refractivity (Wildman–Crippen MR) is 57.5 cm³/mol. The maximum atomic E-state index is 11.8. The van der Waals surface area contributed by atoms with Crippen LogP contribution in [-0.2, 0) is 18.5 Å². The molecule has 0 aliphatic heterocycles. The molecule has 0 aromatic rings. The van der Waals surface area contributed by atoms with E-state index in [0.29, 0.717) is 0 Å². The van der Waals surface area contributed by atoms with Gasteiger partial charge >= 0.3 is 15.9 Å². The van der Waals surface area contributed by atoms with Crippen LogP contribution in [0.1, 0.15) is 0 Å². The van der Waals surface area contributed by atoms with Crippen molar-refractivity contribution in [1.82, 2.24) is 4.90 Å². The molecule has 0 aromatic carbocycles. The van der Waals surface area contributed by atoms with E-state index in [4.69, 9.17) is 9.79 Å². The fourth-order valence-corrected chi connectivity index (χ4v) is 4.17. The Morgan fingerprint density at radius 1 is 0.750 bits per heavy atom. The van der Waals surface area contributed by atoms with Crippen LogP contribution in [0.4, 0.5) is 0 Å². The van der Waals surface area contributed by atoms with Gasteiger partial charge in [-0.25, -0.2) is 9.79 Å². The molecule has 0 spiro atoms. The molecule has 0 amide bonds. The molecule has 0 atom stereocenters. The molecule has 20 heavy (non-hydrogen) atoms. The van der Waals surface area contributed by atoms with Gasteiger partial charge in [-0.1, -0.05) is 0 Å². The van der Waals surface area contributed by atoms with Gasteiger partial charge in [0.25, 0.3) is 0 Å². The van der Waals surface area contributed by atoms with Gasteiger partial charge in [-0.3, -0.25) is 0 Å². The first-order valence-electron chi connectivity index (χ1n) is 4.73. The molecule has 122 valence electrons. The molecule has 0 saturated carbocycles. The van der Waals surface area contributed by atoms with E-state index in [-0.39, 0.29) is 0 Å². The minimum absolute atomic E-state index is 0.651. The molecule has 17 heteroatoms. The highest BCUT2D eigenvalue weighted by atomic mass is 31.2. The van der Waals surface area contributed by atoms with Gasteiger partial charge in [0.05, 0.1) is 0 Å². The second-order valence-electron chi connectivity index (χ2n) is 3.50. The van der Waals surface area contributed by atoms with Crippen molar-refractivity contribution in [3.05, 3.63) is 0 Å². The van der Waals surface area contributed by atoms with Gasteiger partial charge in [-0.05, 0) is 18.5 Å². The Hall–Kier alpha value is 0.730. The summed E-state index contributed by atoms with van der Waals surface area (Å²) in [5.41, 5.74) is 0. The molecular formula is C3H20N5O9P3+4. The monoisotopic (exact) mass is 363 g/mol. The lowest BCUT2D eigenvalue weighted by molar-refractivity contribution is -0.696. The first-order chi connectivity index (χ1) is 9.03. The Labute approximate surface area is 115 Å². The van der Waals surface area contributed by atoms with Crippen LogP contribution >= 0.6 is 23.8 Å². The Kier molecular flexibility index (Phi) is 8.69. The number of rotatable bonds is 10. The number of nitrogens with zero attached hydrogens (tertiary/aromatic N) is 1. The molecule has 14 nitrogen and oxygen atoms in total. The van der Waals surface area contributed by atoms with Crippen molar-refractivity contribution < 1.29 is 66.6 Å². The largest absolute Gasteiger partial charge is 0.631 e. The zero-order valence-electron chi connectivity index (χ0n) is 10.5. The van der Waals surface area contributed by atoms with E-state index in [1.54, 1.807) is 0 Å². The Bertz CT molecular complexity index is 264. The number of quaternary nitrogens is 4. The summed E-state index contributed by atoms with van der Waals surface area (Å²) in [6.45, 7) is 0. The first kappa shape index (κ1) is 20.7. The maximum absolute atomic E-state index is 11.8. The Balaban J connectivity index is 4.99. The molecule has 0 rings (SSSR count). The summed E-state index contributed by atoms with van der Waals surface area (Å²) < 4.78 is 17.3. The van der Waals surface area contributed by atoms with Crippen LogP contribution in [0.15, 0.2) is 0 Å². The molecule has 0 saturated heterocycles. The maximum Gasteiger partial charge on any atom is 0.388 e. The SMILES string of the molecule is [NH3+]O[P+]([O-])(CN(C[P+]([O-])(O)O)C[P+]([O-])(O[NH3+])O[NH3+])O[NH3+]. The van der Waals surface area contributed by atoms with Gasteiger partial charge in [0.2, 0.25) is 7.94 Å². The van der Waals surface area contributed by atoms with Crippen LogP contribution in [0.5, 0.6) is 0 Å².